The summed E-state index contributed by atoms with van der Waals surface area (Å²) in [5.41, 5.74) is 3.18. The maximum absolute atomic E-state index is 6.21. The molecule has 2 heterocycles. The second-order valence-corrected chi connectivity index (χ2v) is 8.88. The highest BCUT2D eigenvalue weighted by Crippen LogP contribution is 2.34. The van der Waals surface area contributed by atoms with Gasteiger partial charge in [0.25, 0.3) is 0 Å². The van der Waals surface area contributed by atoms with E-state index in [1.807, 2.05) is 42.5 Å². The molecule has 0 aliphatic carbocycles. The lowest BCUT2D eigenvalue weighted by atomic mass is 10.0. The molecule has 0 amide bonds. The van der Waals surface area contributed by atoms with Crippen molar-refractivity contribution >= 4 is 21.6 Å². The predicted molar refractivity (Wildman–Crippen MR) is 132 cm³/mol. The maximum Gasteiger partial charge on any atom is 0.247 e. The summed E-state index contributed by atoms with van der Waals surface area (Å²) in [6, 6.07) is 26.3. The van der Waals surface area contributed by atoms with Gasteiger partial charge in [-0.1, -0.05) is 58.4 Å². The number of piperazine rings is 1. The first kappa shape index (κ1) is 21.7. The number of benzene rings is 3. The third kappa shape index (κ3) is 4.65. The summed E-state index contributed by atoms with van der Waals surface area (Å²) < 4.78 is 12.8. The Bertz CT molecular complexity index is 1190. The van der Waals surface area contributed by atoms with Gasteiger partial charge in [-0.15, -0.1) is 10.2 Å². The van der Waals surface area contributed by atoms with Crippen molar-refractivity contribution in [2.24, 2.45) is 0 Å². The van der Waals surface area contributed by atoms with Crippen molar-refractivity contribution in [2.45, 2.75) is 6.04 Å². The summed E-state index contributed by atoms with van der Waals surface area (Å²) >= 11 is 3.55. The normalized spacial score (nSPS) is 15.4. The molecule has 7 heteroatoms. The SMILES string of the molecule is COc1ccccc1N1CCN([C@@H](c2ccc(Br)cc2)c2nnc(-c3ccccc3)o2)CC1. The molecule has 168 valence electrons. The molecule has 0 spiro atoms. The fraction of sp³-hybridized carbons (Fsp3) is 0.231. The molecule has 33 heavy (non-hydrogen) atoms. The van der Waals surface area contributed by atoms with Crippen molar-refractivity contribution in [1.29, 1.82) is 0 Å². The Morgan fingerprint density at radius 3 is 2.27 bits per heavy atom. The standard InChI is InChI=1S/C26H25BrN4O2/c1-32-23-10-6-5-9-22(23)30-15-17-31(18-16-30)24(19-11-13-21(27)14-12-19)26-29-28-25(33-26)20-7-3-2-4-8-20/h2-14,24H,15-18H2,1H3/t24-/m0/s1. The van der Waals surface area contributed by atoms with E-state index >= 15 is 0 Å². The van der Waals surface area contributed by atoms with Crippen LogP contribution < -0.4 is 9.64 Å². The van der Waals surface area contributed by atoms with Gasteiger partial charge in [0.1, 0.15) is 11.8 Å². The Kier molecular flexibility index (Phi) is 6.41. The van der Waals surface area contributed by atoms with E-state index in [1.54, 1.807) is 7.11 Å². The third-order valence-electron chi connectivity index (χ3n) is 5.99. The van der Waals surface area contributed by atoms with Gasteiger partial charge in [-0.2, -0.15) is 0 Å². The lowest BCUT2D eigenvalue weighted by Gasteiger charge is -2.39. The summed E-state index contributed by atoms with van der Waals surface area (Å²) in [6.45, 7) is 3.49. The summed E-state index contributed by atoms with van der Waals surface area (Å²) in [4.78, 5) is 4.79. The van der Waals surface area contributed by atoms with Crippen LogP contribution in [0.15, 0.2) is 87.8 Å². The lowest BCUT2D eigenvalue weighted by Crippen LogP contribution is -2.48. The molecule has 4 aromatic rings. The van der Waals surface area contributed by atoms with Crippen LogP contribution in [0.4, 0.5) is 5.69 Å². The number of hydrogen-bond donors (Lipinski definition) is 0. The predicted octanol–water partition coefficient (Wildman–Crippen LogP) is 5.42. The van der Waals surface area contributed by atoms with Crippen molar-refractivity contribution in [2.75, 3.05) is 38.2 Å². The zero-order valence-electron chi connectivity index (χ0n) is 18.4. The van der Waals surface area contributed by atoms with Crippen LogP contribution in [0.5, 0.6) is 5.75 Å². The molecule has 0 bridgehead atoms. The molecule has 0 saturated carbocycles. The molecule has 5 rings (SSSR count). The van der Waals surface area contributed by atoms with E-state index in [0.29, 0.717) is 11.8 Å². The minimum atomic E-state index is -0.108. The first-order valence-corrected chi connectivity index (χ1v) is 11.8. The van der Waals surface area contributed by atoms with Crippen LogP contribution in [-0.4, -0.2) is 48.4 Å². The minimum Gasteiger partial charge on any atom is -0.495 e. The van der Waals surface area contributed by atoms with Gasteiger partial charge in [0.2, 0.25) is 11.8 Å². The molecular formula is C26H25BrN4O2. The molecule has 0 radical (unpaired) electrons. The van der Waals surface area contributed by atoms with Crippen molar-refractivity contribution < 1.29 is 9.15 Å². The number of rotatable bonds is 6. The summed E-state index contributed by atoms with van der Waals surface area (Å²) in [5.74, 6) is 2.06. The van der Waals surface area contributed by atoms with Gasteiger partial charge in [0, 0.05) is 36.2 Å². The molecule has 1 aliphatic heterocycles. The van der Waals surface area contributed by atoms with Gasteiger partial charge < -0.3 is 14.1 Å². The number of ether oxygens (including phenoxy) is 1. The Balaban J connectivity index is 1.42. The average Bonchev–Trinajstić information content (AvgIpc) is 3.36. The van der Waals surface area contributed by atoms with Crippen LogP contribution >= 0.6 is 15.9 Å². The van der Waals surface area contributed by atoms with Crippen LogP contribution in [0.2, 0.25) is 0 Å². The Hall–Kier alpha value is -3.16. The van der Waals surface area contributed by atoms with Gasteiger partial charge in [-0.3, -0.25) is 4.90 Å². The number of hydrogen-bond acceptors (Lipinski definition) is 6. The number of anilines is 1. The van der Waals surface area contributed by atoms with Crippen molar-refractivity contribution in [3.05, 3.63) is 94.8 Å². The molecule has 1 atom stereocenters. The highest BCUT2D eigenvalue weighted by atomic mass is 79.9. The highest BCUT2D eigenvalue weighted by Gasteiger charge is 2.31. The Morgan fingerprint density at radius 2 is 1.55 bits per heavy atom. The number of aromatic nitrogens is 2. The molecule has 1 aromatic heterocycles. The fourth-order valence-corrected chi connectivity index (χ4v) is 4.57. The van der Waals surface area contributed by atoms with E-state index in [-0.39, 0.29) is 6.04 Å². The van der Waals surface area contributed by atoms with E-state index < -0.39 is 0 Å². The van der Waals surface area contributed by atoms with Gasteiger partial charge in [0.05, 0.1) is 12.8 Å². The first-order chi connectivity index (χ1) is 16.2. The van der Waals surface area contributed by atoms with Crippen LogP contribution in [0.3, 0.4) is 0 Å². The second kappa shape index (κ2) is 9.77. The number of methoxy groups -OCH3 is 1. The lowest BCUT2D eigenvalue weighted by molar-refractivity contribution is 0.187. The molecule has 1 aliphatic rings. The summed E-state index contributed by atoms with van der Waals surface area (Å²) in [7, 11) is 1.72. The van der Waals surface area contributed by atoms with E-state index in [9.17, 15) is 0 Å². The number of para-hydroxylation sites is 2. The monoisotopic (exact) mass is 504 g/mol. The van der Waals surface area contributed by atoms with Crippen molar-refractivity contribution in [1.82, 2.24) is 15.1 Å². The third-order valence-corrected chi connectivity index (χ3v) is 6.51. The van der Waals surface area contributed by atoms with Crippen LogP contribution in [-0.2, 0) is 0 Å². The van der Waals surface area contributed by atoms with E-state index in [0.717, 1.165) is 53.2 Å². The Labute approximate surface area is 201 Å². The van der Waals surface area contributed by atoms with Gasteiger partial charge in [0.15, 0.2) is 0 Å². The first-order valence-electron chi connectivity index (χ1n) is 11.0. The van der Waals surface area contributed by atoms with E-state index in [1.165, 1.54) is 0 Å². The fourth-order valence-electron chi connectivity index (χ4n) is 4.31. The second-order valence-electron chi connectivity index (χ2n) is 7.96. The number of halogens is 1. The largest absolute Gasteiger partial charge is 0.495 e. The molecule has 3 aromatic carbocycles. The quantitative estimate of drug-likeness (QED) is 0.349. The molecule has 1 saturated heterocycles. The molecule has 1 fully saturated rings. The van der Waals surface area contributed by atoms with E-state index in [4.69, 9.17) is 9.15 Å². The van der Waals surface area contributed by atoms with Gasteiger partial charge in [-0.25, -0.2) is 0 Å². The molecule has 6 nitrogen and oxygen atoms in total. The topological polar surface area (TPSA) is 54.6 Å². The van der Waals surface area contributed by atoms with Gasteiger partial charge in [-0.05, 0) is 42.0 Å². The van der Waals surface area contributed by atoms with Crippen molar-refractivity contribution in [3.63, 3.8) is 0 Å². The summed E-state index contributed by atoms with van der Waals surface area (Å²) in [5, 5.41) is 8.82. The minimum absolute atomic E-state index is 0.108. The number of nitrogens with zero attached hydrogens (tertiary/aromatic N) is 4. The van der Waals surface area contributed by atoms with Crippen LogP contribution in [0.1, 0.15) is 17.5 Å². The molecule has 0 N–H and O–H groups in total. The Morgan fingerprint density at radius 1 is 0.848 bits per heavy atom. The smallest absolute Gasteiger partial charge is 0.247 e. The average molecular weight is 505 g/mol. The zero-order chi connectivity index (χ0) is 22.6. The maximum atomic E-state index is 6.21. The van der Waals surface area contributed by atoms with Crippen molar-refractivity contribution in [3.8, 4) is 17.2 Å². The van der Waals surface area contributed by atoms with E-state index in [2.05, 4.69) is 72.3 Å². The van der Waals surface area contributed by atoms with Crippen LogP contribution in [0, 0.1) is 0 Å². The van der Waals surface area contributed by atoms with Crippen LogP contribution in [0.25, 0.3) is 11.5 Å². The highest BCUT2D eigenvalue weighted by molar-refractivity contribution is 9.10. The molecular weight excluding hydrogens is 480 g/mol. The molecule has 0 unspecified atom stereocenters. The zero-order valence-corrected chi connectivity index (χ0v) is 20.0. The van der Waals surface area contributed by atoms with Gasteiger partial charge >= 0.3 is 0 Å². The summed E-state index contributed by atoms with van der Waals surface area (Å²) in [6.07, 6.45) is 0.